The number of amidine groups is 1. The highest BCUT2D eigenvalue weighted by Crippen LogP contribution is 2.37. The van der Waals surface area contributed by atoms with Crippen molar-refractivity contribution in [3.05, 3.63) is 10.5 Å². The van der Waals surface area contributed by atoms with Crippen LogP contribution >= 0.6 is 11.8 Å². The molecule has 0 radical (unpaired) electrons. The highest BCUT2D eigenvalue weighted by atomic mass is 32.2. The number of aromatic amines is 1. The fourth-order valence-corrected chi connectivity index (χ4v) is 2.73. The van der Waals surface area contributed by atoms with Crippen molar-refractivity contribution in [2.24, 2.45) is 11.7 Å². The Hall–Kier alpha value is -1.45. The average Bonchev–Trinajstić information content (AvgIpc) is 3.02. The van der Waals surface area contributed by atoms with Gasteiger partial charge in [-0.1, -0.05) is 11.8 Å². The SMILES string of the molecule is N=C(N)C(CSc1n[nH]c(=O)n1C1CC1)C(F)(F)F. The van der Waals surface area contributed by atoms with Gasteiger partial charge in [0.15, 0.2) is 5.16 Å². The summed E-state index contributed by atoms with van der Waals surface area (Å²) in [5.74, 6) is -3.43. The zero-order chi connectivity index (χ0) is 14.2. The highest BCUT2D eigenvalue weighted by molar-refractivity contribution is 7.99. The Balaban J connectivity index is 2.09. The number of hydrogen-bond donors (Lipinski definition) is 3. The molecular formula is C9H12F3N5OS. The van der Waals surface area contributed by atoms with E-state index in [1.54, 1.807) is 0 Å². The van der Waals surface area contributed by atoms with Gasteiger partial charge in [-0.05, 0) is 12.8 Å². The molecule has 1 saturated carbocycles. The predicted octanol–water partition coefficient (Wildman–Crippen LogP) is 1.11. The van der Waals surface area contributed by atoms with Crippen LogP contribution in [0.15, 0.2) is 9.95 Å². The molecule has 1 aliphatic carbocycles. The van der Waals surface area contributed by atoms with E-state index in [4.69, 9.17) is 11.1 Å². The van der Waals surface area contributed by atoms with E-state index in [9.17, 15) is 18.0 Å². The first kappa shape index (κ1) is 14.0. The Kier molecular flexibility index (Phi) is 3.61. The first-order valence-corrected chi connectivity index (χ1v) is 6.49. The normalized spacial score (nSPS) is 17.4. The standard InChI is InChI=1S/C9H12F3N5OS/c10-9(11,12)5(6(13)14)3-19-8-16-15-7(18)17(8)4-1-2-4/h4-5H,1-3H2,(H3,13,14)(H,15,18). The molecule has 6 nitrogen and oxygen atoms in total. The van der Waals surface area contributed by atoms with Crippen LogP contribution in [-0.2, 0) is 0 Å². The molecule has 0 saturated heterocycles. The summed E-state index contributed by atoms with van der Waals surface area (Å²) in [5, 5.41) is 13.1. The van der Waals surface area contributed by atoms with Crippen molar-refractivity contribution in [3.8, 4) is 0 Å². The summed E-state index contributed by atoms with van der Waals surface area (Å²) in [6.45, 7) is 0. The van der Waals surface area contributed by atoms with Gasteiger partial charge >= 0.3 is 11.9 Å². The average molecular weight is 295 g/mol. The second kappa shape index (κ2) is 4.91. The molecule has 0 bridgehead atoms. The Bertz CT molecular complexity index is 533. The van der Waals surface area contributed by atoms with E-state index < -0.39 is 29.4 Å². The summed E-state index contributed by atoms with van der Waals surface area (Å²) < 4.78 is 39.2. The molecule has 0 aromatic carbocycles. The van der Waals surface area contributed by atoms with Gasteiger partial charge in [-0.25, -0.2) is 9.89 Å². The number of halogens is 3. The number of hydrogen-bond acceptors (Lipinski definition) is 4. The fourth-order valence-electron chi connectivity index (χ4n) is 1.57. The van der Waals surface area contributed by atoms with Crippen molar-refractivity contribution in [3.63, 3.8) is 0 Å². The Morgan fingerprint density at radius 1 is 1.63 bits per heavy atom. The van der Waals surface area contributed by atoms with Crippen molar-refractivity contribution >= 4 is 17.6 Å². The van der Waals surface area contributed by atoms with E-state index in [0.29, 0.717) is 0 Å². The lowest BCUT2D eigenvalue weighted by Gasteiger charge is -2.18. The van der Waals surface area contributed by atoms with E-state index in [-0.39, 0.29) is 11.2 Å². The van der Waals surface area contributed by atoms with E-state index in [0.717, 1.165) is 24.6 Å². The molecular weight excluding hydrogens is 283 g/mol. The van der Waals surface area contributed by atoms with Gasteiger partial charge in [-0.2, -0.15) is 13.2 Å². The van der Waals surface area contributed by atoms with Crippen molar-refractivity contribution < 1.29 is 13.2 Å². The number of rotatable bonds is 5. The van der Waals surface area contributed by atoms with Crippen LogP contribution in [-0.4, -0.2) is 32.5 Å². The zero-order valence-electron chi connectivity index (χ0n) is 9.70. The van der Waals surface area contributed by atoms with Gasteiger partial charge in [0, 0.05) is 11.8 Å². The van der Waals surface area contributed by atoms with E-state index in [1.165, 1.54) is 4.57 Å². The van der Waals surface area contributed by atoms with E-state index >= 15 is 0 Å². The third-order valence-electron chi connectivity index (χ3n) is 2.73. The van der Waals surface area contributed by atoms with E-state index in [2.05, 4.69) is 10.2 Å². The van der Waals surface area contributed by atoms with Crippen LogP contribution in [0.25, 0.3) is 0 Å². The second-order valence-corrected chi connectivity index (χ2v) is 5.26. The third-order valence-corrected chi connectivity index (χ3v) is 3.78. The zero-order valence-corrected chi connectivity index (χ0v) is 10.5. The molecule has 1 heterocycles. The van der Waals surface area contributed by atoms with E-state index in [1.807, 2.05) is 0 Å². The van der Waals surface area contributed by atoms with Crippen molar-refractivity contribution in [1.82, 2.24) is 14.8 Å². The molecule has 10 heteroatoms. The topological polar surface area (TPSA) is 101 Å². The predicted molar refractivity (Wildman–Crippen MR) is 63.3 cm³/mol. The minimum absolute atomic E-state index is 0.0235. The van der Waals surface area contributed by atoms with Gasteiger partial charge in [0.25, 0.3) is 0 Å². The molecule has 2 rings (SSSR count). The number of aromatic nitrogens is 3. The highest BCUT2D eigenvalue weighted by Gasteiger charge is 2.42. The largest absolute Gasteiger partial charge is 0.399 e. The number of nitrogens with two attached hydrogens (primary N) is 1. The molecule has 0 spiro atoms. The van der Waals surface area contributed by atoms with Gasteiger partial charge in [-0.3, -0.25) is 9.98 Å². The Labute approximate surface area is 110 Å². The molecule has 1 fully saturated rings. The first-order valence-electron chi connectivity index (χ1n) is 5.51. The Morgan fingerprint density at radius 3 is 2.74 bits per heavy atom. The van der Waals surface area contributed by atoms with Gasteiger partial charge in [-0.15, -0.1) is 5.10 Å². The molecule has 1 aromatic heterocycles. The quantitative estimate of drug-likeness (QED) is 0.430. The summed E-state index contributed by atoms with van der Waals surface area (Å²) in [5.41, 5.74) is 4.54. The summed E-state index contributed by atoms with van der Waals surface area (Å²) in [7, 11) is 0. The summed E-state index contributed by atoms with van der Waals surface area (Å²) >= 11 is 0.779. The summed E-state index contributed by atoms with van der Waals surface area (Å²) in [6, 6.07) is 0.0235. The van der Waals surface area contributed by atoms with Crippen LogP contribution in [0.3, 0.4) is 0 Å². The molecule has 0 amide bonds. The minimum atomic E-state index is -4.57. The smallest absolute Gasteiger partial charge is 0.387 e. The number of nitrogens with one attached hydrogen (secondary N) is 2. The van der Waals surface area contributed by atoms with Gasteiger partial charge in [0.2, 0.25) is 0 Å². The van der Waals surface area contributed by atoms with Crippen LogP contribution in [0.1, 0.15) is 18.9 Å². The van der Waals surface area contributed by atoms with Crippen LogP contribution in [0.5, 0.6) is 0 Å². The molecule has 19 heavy (non-hydrogen) atoms. The number of nitrogens with zero attached hydrogens (tertiary/aromatic N) is 2. The summed E-state index contributed by atoms with van der Waals surface area (Å²) in [4.78, 5) is 11.4. The molecule has 0 aliphatic heterocycles. The lowest BCUT2D eigenvalue weighted by atomic mass is 10.1. The first-order chi connectivity index (χ1) is 8.80. The minimum Gasteiger partial charge on any atom is -0.387 e. The maximum Gasteiger partial charge on any atom is 0.399 e. The molecule has 1 atom stereocenters. The van der Waals surface area contributed by atoms with Crippen LogP contribution in [0, 0.1) is 11.3 Å². The van der Waals surface area contributed by atoms with Crippen LogP contribution in [0.2, 0.25) is 0 Å². The molecule has 1 aromatic rings. The second-order valence-electron chi connectivity index (χ2n) is 4.27. The maximum atomic E-state index is 12.6. The number of H-pyrrole nitrogens is 1. The maximum absolute atomic E-state index is 12.6. The van der Waals surface area contributed by atoms with Crippen LogP contribution < -0.4 is 11.4 Å². The van der Waals surface area contributed by atoms with Gasteiger partial charge < -0.3 is 5.73 Å². The van der Waals surface area contributed by atoms with Crippen molar-refractivity contribution in [2.75, 3.05) is 5.75 Å². The molecule has 1 aliphatic rings. The Morgan fingerprint density at radius 2 is 2.26 bits per heavy atom. The third kappa shape index (κ3) is 3.11. The van der Waals surface area contributed by atoms with Gasteiger partial charge in [0.05, 0.1) is 0 Å². The van der Waals surface area contributed by atoms with Crippen LogP contribution in [0.4, 0.5) is 13.2 Å². The fraction of sp³-hybridized carbons (Fsp3) is 0.667. The molecule has 4 N–H and O–H groups in total. The lowest BCUT2D eigenvalue weighted by molar-refractivity contribution is -0.150. The van der Waals surface area contributed by atoms with Crippen molar-refractivity contribution in [2.45, 2.75) is 30.2 Å². The van der Waals surface area contributed by atoms with Crippen molar-refractivity contribution in [1.29, 1.82) is 5.41 Å². The monoisotopic (exact) mass is 295 g/mol. The number of alkyl halides is 3. The number of thioether (sulfide) groups is 1. The molecule has 1 unspecified atom stereocenters. The van der Waals surface area contributed by atoms with Gasteiger partial charge in [0.1, 0.15) is 11.8 Å². The summed E-state index contributed by atoms with van der Waals surface area (Å²) in [6.07, 6.45) is -2.93. The molecule has 106 valence electrons. The lowest BCUT2D eigenvalue weighted by Crippen LogP contribution is -2.37.